The van der Waals surface area contributed by atoms with Crippen molar-refractivity contribution in [3.05, 3.63) is 53.9 Å². The van der Waals surface area contributed by atoms with Crippen molar-refractivity contribution in [2.45, 2.75) is 49.9 Å². The zero-order valence-corrected chi connectivity index (χ0v) is 18.7. The van der Waals surface area contributed by atoms with Gasteiger partial charge in [-0.1, -0.05) is 61.9 Å². The fourth-order valence-electron chi connectivity index (χ4n) is 3.00. The lowest BCUT2D eigenvalue weighted by Gasteiger charge is -2.05. The van der Waals surface area contributed by atoms with Crippen LogP contribution in [0.3, 0.4) is 0 Å². The van der Waals surface area contributed by atoms with E-state index < -0.39 is 0 Å². The Morgan fingerprint density at radius 1 is 1.07 bits per heavy atom. The third kappa shape index (κ3) is 6.11. The van der Waals surface area contributed by atoms with Crippen LogP contribution in [0.25, 0.3) is 11.4 Å². The van der Waals surface area contributed by atoms with Gasteiger partial charge in [-0.2, -0.15) is 0 Å². The minimum atomic E-state index is 0.798. The molecule has 0 atom stereocenters. The van der Waals surface area contributed by atoms with Crippen molar-refractivity contribution >= 4 is 11.8 Å². The molecule has 0 saturated carbocycles. The summed E-state index contributed by atoms with van der Waals surface area (Å²) in [5, 5.41) is 9.61. The lowest BCUT2D eigenvalue weighted by atomic mass is 10.1. The summed E-state index contributed by atoms with van der Waals surface area (Å²) in [6.07, 6.45) is 9.49. The van der Waals surface area contributed by atoms with E-state index in [4.69, 9.17) is 4.74 Å². The maximum atomic E-state index is 5.21. The van der Waals surface area contributed by atoms with E-state index in [1.165, 1.54) is 24.8 Å². The molecular weight excluding hydrogens is 392 g/mol. The lowest BCUT2D eigenvalue weighted by molar-refractivity contribution is 0.414. The minimum Gasteiger partial charge on any atom is -0.497 e. The molecule has 5 nitrogen and oxygen atoms in total. The van der Waals surface area contributed by atoms with Crippen LogP contribution in [0.2, 0.25) is 0 Å². The summed E-state index contributed by atoms with van der Waals surface area (Å²) < 4.78 is 7.22. The number of hydrogen-bond acceptors (Lipinski definition) is 5. The van der Waals surface area contributed by atoms with Gasteiger partial charge in [0.05, 0.1) is 7.11 Å². The van der Waals surface area contributed by atoms with Crippen LogP contribution >= 0.6 is 11.8 Å². The van der Waals surface area contributed by atoms with E-state index in [-0.39, 0.29) is 0 Å². The van der Waals surface area contributed by atoms with E-state index >= 15 is 0 Å². The normalized spacial score (nSPS) is 10.5. The average Bonchev–Trinajstić information content (AvgIpc) is 3.15. The Morgan fingerprint density at radius 2 is 1.90 bits per heavy atom. The predicted octanol–water partition coefficient (Wildman–Crippen LogP) is 5.50. The van der Waals surface area contributed by atoms with Gasteiger partial charge in [0.1, 0.15) is 5.75 Å². The number of rotatable bonds is 9. The smallest absolute Gasteiger partial charge is 0.191 e. The topological polar surface area (TPSA) is 52.8 Å². The molecule has 0 saturated heterocycles. The molecule has 0 N–H and O–H groups in total. The van der Waals surface area contributed by atoms with Crippen molar-refractivity contribution in [2.75, 3.05) is 7.11 Å². The van der Waals surface area contributed by atoms with E-state index in [0.29, 0.717) is 0 Å². The van der Waals surface area contributed by atoms with Gasteiger partial charge < -0.3 is 9.30 Å². The number of hydrogen-bond donors (Lipinski definition) is 0. The molecule has 156 valence electrons. The molecule has 2 heterocycles. The van der Waals surface area contributed by atoms with Crippen LogP contribution in [0.5, 0.6) is 5.75 Å². The molecule has 1 aromatic carbocycles. The van der Waals surface area contributed by atoms with Gasteiger partial charge in [-0.3, -0.25) is 4.98 Å². The molecular formula is C24H28N4OS. The van der Waals surface area contributed by atoms with Gasteiger partial charge in [-0.25, -0.2) is 0 Å². The Balaban J connectivity index is 1.64. The highest BCUT2D eigenvalue weighted by molar-refractivity contribution is 7.98. The number of aromatic nitrogens is 4. The zero-order valence-electron chi connectivity index (χ0n) is 17.9. The maximum absolute atomic E-state index is 5.21. The fourth-order valence-corrected chi connectivity index (χ4v) is 3.86. The van der Waals surface area contributed by atoms with Crippen molar-refractivity contribution in [3.63, 3.8) is 0 Å². The Hall–Kier alpha value is -2.78. The van der Waals surface area contributed by atoms with Gasteiger partial charge in [0.25, 0.3) is 0 Å². The summed E-state index contributed by atoms with van der Waals surface area (Å²) in [6, 6.07) is 10.1. The summed E-state index contributed by atoms with van der Waals surface area (Å²) in [7, 11) is 3.66. The van der Waals surface area contributed by atoms with Gasteiger partial charge in [0.15, 0.2) is 11.0 Å². The van der Waals surface area contributed by atoms with Gasteiger partial charge in [0.2, 0.25) is 0 Å². The van der Waals surface area contributed by atoms with E-state index in [1.807, 2.05) is 36.0 Å². The number of unbranched alkanes of at least 4 members (excludes halogenated alkanes) is 4. The first-order valence-electron chi connectivity index (χ1n) is 10.3. The van der Waals surface area contributed by atoms with Crippen molar-refractivity contribution in [1.29, 1.82) is 0 Å². The van der Waals surface area contributed by atoms with Gasteiger partial charge >= 0.3 is 0 Å². The van der Waals surface area contributed by atoms with Crippen molar-refractivity contribution in [1.82, 2.24) is 19.7 Å². The van der Waals surface area contributed by atoms with Crippen LogP contribution in [0.1, 0.15) is 50.2 Å². The minimum absolute atomic E-state index is 0.798. The van der Waals surface area contributed by atoms with Crippen LogP contribution in [0.4, 0.5) is 0 Å². The van der Waals surface area contributed by atoms with E-state index in [0.717, 1.165) is 46.5 Å². The van der Waals surface area contributed by atoms with Crippen LogP contribution < -0.4 is 4.74 Å². The fraction of sp³-hybridized carbons (Fsp3) is 0.375. The summed E-state index contributed by atoms with van der Waals surface area (Å²) in [5.41, 5.74) is 3.06. The molecule has 0 bridgehead atoms. The highest BCUT2D eigenvalue weighted by atomic mass is 32.2. The number of pyridine rings is 1. The highest BCUT2D eigenvalue weighted by Crippen LogP contribution is 2.26. The first-order chi connectivity index (χ1) is 14.7. The molecule has 30 heavy (non-hydrogen) atoms. The van der Waals surface area contributed by atoms with Crippen molar-refractivity contribution < 1.29 is 4.74 Å². The molecule has 0 fully saturated rings. The Bertz CT molecular complexity index is 1000. The second kappa shape index (κ2) is 11.4. The second-order valence-corrected chi connectivity index (χ2v) is 8.02. The SMILES string of the molecule is CCCCCCC#Cc1cncc(-c2nnc(SCc3ccc(OC)cc3)n2C)c1. The first-order valence-corrected chi connectivity index (χ1v) is 11.3. The van der Waals surface area contributed by atoms with E-state index in [1.54, 1.807) is 25.1 Å². The van der Waals surface area contributed by atoms with Crippen LogP contribution in [-0.4, -0.2) is 26.9 Å². The van der Waals surface area contributed by atoms with Crippen LogP contribution in [-0.2, 0) is 12.8 Å². The summed E-state index contributed by atoms with van der Waals surface area (Å²) in [6.45, 7) is 2.22. The Morgan fingerprint density at radius 3 is 2.67 bits per heavy atom. The van der Waals surface area contributed by atoms with Crippen molar-refractivity contribution in [2.24, 2.45) is 7.05 Å². The molecule has 0 unspecified atom stereocenters. The molecule has 0 aliphatic heterocycles. The molecule has 0 radical (unpaired) electrons. The summed E-state index contributed by atoms with van der Waals surface area (Å²) in [5.74, 6) is 8.97. The third-order valence-corrected chi connectivity index (χ3v) is 5.84. The van der Waals surface area contributed by atoms with E-state index in [9.17, 15) is 0 Å². The molecule has 0 spiro atoms. The largest absolute Gasteiger partial charge is 0.497 e. The molecule has 3 rings (SSSR count). The monoisotopic (exact) mass is 420 g/mol. The van der Waals surface area contributed by atoms with Gasteiger partial charge in [-0.15, -0.1) is 10.2 Å². The average molecular weight is 421 g/mol. The predicted molar refractivity (Wildman–Crippen MR) is 122 cm³/mol. The van der Waals surface area contributed by atoms with Crippen molar-refractivity contribution in [3.8, 4) is 29.0 Å². The Kier molecular flexibility index (Phi) is 8.34. The van der Waals surface area contributed by atoms with Crippen LogP contribution in [0, 0.1) is 11.8 Å². The summed E-state index contributed by atoms with van der Waals surface area (Å²) in [4.78, 5) is 4.35. The number of nitrogens with zero attached hydrogens (tertiary/aromatic N) is 4. The standard InChI is InChI=1S/C24H28N4OS/c1-4-5-6-7-8-9-10-20-15-21(17-25-16-20)23-26-27-24(28(23)2)30-18-19-11-13-22(29-3)14-12-19/h11-17H,4-8,18H2,1-3H3. The highest BCUT2D eigenvalue weighted by Gasteiger charge is 2.12. The second-order valence-electron chi connectivity index (χ2n) is 7.08. The molecule has 0 aliphatic rings. The lowest BCUT2D eigenvalue weighted by Crippen LogP contribution is -1.96. The number of benzene rings is 1. The third-order valence-electron chi connectivity index (χ3n) is 4.75. The zero-order chi connectivity index (χ0) is 21.2. The molecule has 3 aromatic rings. The number of ether oxygens (including phenoxy) is 1. The molecule has 0 aliphatic carbocycles. The first kappa shape index (κ1) is 21.9. The molecule has 0 amide bonds. The maximum Gasteiger partial charge on any atom is 0.191 e. The number of thioether (sulfide) groups is 1. The van der Waals surface area contributed by atoms with Gasteiger partial charge in [-0.05, 0) is 30.2 Å². The molecule has 2 aromatic heterocycles. The summed E-state index contributed by atoms with van der Waals surface area (Å²) >= 11 is 1.66. The van der Waals surface area contributed by atoms with Gasteiger partial charge in [0, 0.05) is 42.7 Å². The quantitative estimate of drug-likeness (QED) is 0.260. The Labute approximate surface area is 183 Å². The molecule has 6 heteroatoms. The van der Waals surface area contributed by atoms with E-state index in [2.05, 4.69) is 46.1 Å². The van der Waals surface area contributed by atoms with Crippen LogP contribution in [0.15, 0.2) is 47.9 Å². The number of methoxy groups -OCH3 is 1.